The summed E-state index contributed by atoms with van der Waals surface area (Å²) in [5, 5.41) is 1.41. The summed E-state index contributed by atoms with van der Waals surface area (Å²) in [6.45, 7) is 3.37. The molecule has 0 spiro atoms. The maximum absolute atomic E-state index is 3.58. The maximum atomic E-state index is 3.58. The molecule has 0 saturated heterocycles. The fraction of sp³-hybridized carbons (Fsp3) is 0.333. The van der Waals surface area contributed by atoms with Crippen molar-refractivity contribution < 1.29 is 0 Å². The van der Waals surface area contributed by atoms with Crippen molar-refractivity contribution in [3.05, 3.63) is 33.9 Å². The number of nitrogens with zero attached hydrogens (tertiary/aromatic N) is 1. The number of benzene rings is 1. The first-order chi connectivity index (χ1) is 6.75. The van der Waals surface area contributed by atoms with Gasteiger partial charge in [-0.05, 0) is 43.0 Å². The number of aryl methyl sites for hydroxylation is 3. The van der Waals surface area contributed by atoms with Crippen LogP contribution in [0.1, 0.15) is 17.5 Å². The topological polar surface area (TPSA) is 4.93 Å². The fourth-order valence-electron chi connectivity index (χ4n) is 2.47. The Kier molecular flexibility index (Phi) is 1.75. The van der Waals surface area contributed by atoms with E-state index in [0.29, 0.717) is 0 Å². The second-order valence-corrected chi connectivity index (χ2v) is 4.99. The van der Waals surface area contributed by atoms with Crippen LogP contribution in [0.4, 0.5) is 0 Å². The van der Waals surface area contributed by atoms with E-state index in [-0.39, 0.29) is 0 Å². The van der Waals surface area contributed by atoms with Gasteiger partial charge in [0.25, 0.3) is 0 Å². The molecule has 1 aromatic heterocycles. The van der Waals surface area contributed by atoms with Crippen LogP contribution < -0.4 is 0 Å². The summed E-state index contributed by atoms with van der Waals surface area (Å²) >= 11 is 3.58. The molecule has 1 nitrogen and oxygen atoms in total. The van der Waals surface area contributed by atoms with Gasteiger partial charge in [-0.25, -0.2) is 0 Å². The summed E-state index contributed by atoms with van der Waals surface area (Å²) in [6, 6.07) is 4.49. The predicted molar refractivity (Wildman–Crippen MR) is 62.7 cm³/mol. The zero-order chi connectivity index (χ0) is 9.71. The van der Waals surface area contributed by atoms with Gasteiger partial charge in [0, 0.05) is 22.6 Å². The van der Waals surface area contributed by atoms with Crippen molar-refractivity contribution in [1.82, 2.24) is 4.57 Å². The average molecular weight is 250 g/mol. The van der Waals surface area contributed by atoms with E-state index in [0.717, 1.165) is 0 Å². The summed E-state index contributed by atoms with van der Waals surface area (Å²) in [4.78, 5) is 0. The molecule has 0 N–H and O–H groups in total. The molecule has 0 fully saturated rings. The first-order valence-electron chi connectivity index (χ1n) is 5.03. The molecule has 0 saturated carbocycles. The Morgan fingerprint density at radius 2 is 2.21 bits per heavy atom. The highest BCUT2D eigenvalue weighted by molar-refractivity contribution is 9.10. The lowest BCUT2D eigenvalue weighted by molar-refractivity contribution is 0.635. The van der Waals surface area contributed by atoms with E-state index in [1.54, 1.807) is 0 Å². The largest absolute Gasteiger partial charge is 0.347 e. The summed E-state index contributed by atoms with van der Waals surface area (Å²) in [5.74, 6) is 0. The molecule has 2 heterocycles. The molecule has 1 aliphatic rings. The smallest absolute Gasteiger partial charge is 0.0516 e. The highest BCUT2D eigenvalue weighted by atomic mass is 79.9. The second kappa shape index (κ2) is 2.86. The molecule has 2 aromatic rings. The van der Waals surface area contributed by atoms with Crippen LogP contribution in [0.5, 0.6) is 0 Å². The van der Waals surface area contributed by atoms with E-state index in [9.17, 15) is 0 Å². The van der Waals surface area contributed by atoms with E-state index >= 15 is 0 Å². The molecule has 1 aromatic carbocycles. The zero-order valence-corrected chi connectivity index (χ0v) is 9.76. The van der Waals surface area contributed by atoms with Crippen LogP contribution in [-0.2, 0) is 13.0 Å². The molecule has 0 atom stereocenters. The Morgan fingerprint density at radius 3 is 3.07 bits per heavy atom. The number of rotatable bonds is 0. The molecule has 2 heteroatoms. The van der Waals surface area contributed by atoms with E-state index < -0.39 is 0 Å². The zero-order valence-electron chi connectivity index (χ0n) is 8.18. The Bertz CT molecular complexity index is 511. The van der Waals surface area contributed by atoms with Gasteiger partial charge in [-0.2, -0.15) is 0 Å². The molecule has 72 valence electrons. The number of hydrogen-bond donors (Lipinski definition) is 0. The van der Waals surface area contributed by atoms with Gasteiger partial charge in [0.2, 0.25) is 0 Å². The summed E-state index contributed by atoms with van der Waals surface area (Å²) in [6.07, 6.45) is 4.77. The predicted octanol–water partition coefficient (Wildman–Crippen LogP) is 3.66. The molecule has 0 radical (unpaired) electrons. The molecule has 1 aliphatic heterocycles. The van der Waals surface area contributed by atoms with Crippen LogP contribution in [0.2, 0.25) is 0 Å². The molecule has 0 bridgehead atoms. The maximum Gasteiger partial charge on any atom is 0.0516 e. The van der Waals surface area contributed by atoms with Crippen LogP contribution >= 0.6 is 15.9 Å². The summed E-state index contributed by atoms with van der Waals surface area (Å²) in [5.41, 5.74) is 4.34. The number of hydrogen-bond acceptors (Lipinski definition) is 0. The molecule has 14 heavy (non-hydrogen) atoms. The van der Waals surface area contributed by atoms with Gasteiger partial charge in [0.05, 0.1) is 5.52 Å². The van der Waals surface area contributed by atoms with Crippen molar-refractivity contribution in [3.8, 4) is 0 Å². The van der Waals surface area contributed by atoms with E-state index in [2.05, 4.69) is 45.8 Å². The van der Waals surface area contributed by atoms with Crippen molar-refractivity contribution in [3.63, 3.8) is 0 Å². The minimum atomic E-state index is 1.18. The van der Waals surface area contributed by atoms with Crippen molar-refractivity contribution in [2.45, 2.75) is 26.3 Å². The minimum absolute atomic E-state index is 1.18. The van der Waals surface area contributed by atoms with Crippen molar-refractivity contribution >= 4 is 26.8 Å². The molecular weight excluding hydrogens is 238 g/mol. The van der Waals surface area contributed by atoms with Gasteiger partial charge >= 0.3 is 0 Å². The highest BCUT2D eigenvalue weighted by Gasteiger charge is 2.14. The van der Waals surface area contributed by atoms with Gasteiger partial charge in [-0.1, -0.05) is 15.9 Å². The van der Waals surface area contributed by atoms with Crippen LogP contribution in [0.15, 0.2) is 22.8 Å². The molecule has 3 rings (SSSR count). The van der Waals surface area contributed by atoms with Crippen molar-refractivity contribution in [1.29, 1.82) is 0 Å². The average Bonchev–Trinajstić information content (AvgIpc) is 2.45. The van der Waals surface area contributed by atoms with Crippen molar-refractivity contribution in [2.24, 2.45) is 0 Å². The molecule has 0 unspecified atom stereocenters. The Balaban J connectivity index is 2.49. The SMILES string of the molecule is Cc1cn2c3c(cc(Br)cc13)CCC2. The van der Waals surface area contributed by atoms with Gasteiger partial charge in [0.1, 0.15) is 0 Å². The Morgan fingerprint density at radius 1 is 1.36 bits per heavy atom. The lowest BCUT2D eigenvalue weighted by atomic mass is 10.0. The highest BCUT2D eigenvalue weighted by Crippen LogP contribution is 2.31. The van der Waals surface area contributed by atoms with E-state index in [1.165, 1.54) is 45.9 Å². The van der Waals surface area contributed by atoms with E-state index in [4.69, 9.17) is 0 Å². The van der Waals surface area contributed by atoms with Gasteiger partial charge in [-0.15, -0.1) is 0 Å². The lowest BCUT2D eigenvalue weighted by Crippen LogP contribution is -2.06. The third-order valence-electron chi connectivity index (χ3n) is 3.06. The monoisotopic (exact) mass is 249 g/mol. The van der Waals surface area contributed by atoms with Gasteiger partial charge < -0.3 is 4.57 Å². The summed E-state index contributed by atoms with van der Waals surface area (Å²) in [7, 11) is 0. The third-order valence-corrected chi connectivity index (χ3v) is 3.52. The molecular formula is C12H12BrN. The lowest BCUT2D eigenvalue weighted by Gasteiger charge is -2.15. The quantitative estimate of drug-likeness (QED) is 0.672. The first kappa shape index (κ1) is 8.54. The standard InChI is InChI=1S/C12H12BrN/c1-8-7-14-4-2-3-9-5-10(13)6-11(8)12(9)14/h5-7H,2-4H2,1H3. The van der Waals surface area contributed by atoms with Gasteiger partial charge in [-0.3, -0.25) is 0 Å². The second-order valence-electron chi connectivity index (χ2n) is 4.07. The van der Waals surface area contributed by atoms with Crippen LogP contribution in [-0.4, -0.2) is 4.57 Å². The Hall–Kier alpha value is -0.760. The van der Waals surface area contributed by atoms with E-state index in [1.807, 2.05) is 0 Å². The van der Waals surface area contributed by atoms with Gasteiger partial charge in [0.15, 0.2) is 0 Å². The molecule has 0 amide bonds. The van der Waals surface area contributed by atoms with Crippen LogP contribution in [0.25, 0.3) is 10.9 Å². The van der Waals surface area contributed by atoms with Crippen LogP contribution in [0.3, 0.4) is 0 Å². The normalized spacial score (nSPS) is 15.0. The number of halogens is 1. The third kappa shape index (κ3) is 1.07. The minimum Gasteiger partial charge on any atom is -0.347 e. The number of aromatic nitrogens is 1. The molecule has 0 aliphatic carbocycles. The van der Waals surface area contributed by atoms with Crippen molar-refractivity contribution in [2.75, 3.05) is 0 Å². The first-order valence-corrected chi connectivity index (χ1v) is 5.83. The summed E-state index contributed by atoms with van der Waals surface area (Å²) < 4.78 is 3.61. The Labute approximate surface area is 91.9 Å². The fourth-order valence-corrected chi connectivity index (χ4v) is 2.98. The van der Waals surface area contributed by atoms with Crippen LogP contribution in [0, 0.1) is 6.92 Å².